The van der Waals surface area contributed by atoms with Gasteiger partial charge in [0.2, 0.25) is 0 Å². The molecule has 3 nitrogen and oxygen atoms in total. The first kappa shape index (κ1) is 15.6. The van der Waals surface area contributed by atoms with Gasteiger partial charge in [-0.2, -0.15) is 0 Å². The van der Waals surface area contributed by atoms with E-state index in [4.69, 9.17) is 4.74 Å². The Labute approximate surface area is 133 Å². The van der Waals surface area contributed by atoms with E-state index in [1.165, 1.54) is 5.56 Å². The fourth-order valence-electron chi connectivity index (χ4n) is 2.00. The standard InChI is InChI=1S/C17H18BrNO2/c1-19(17(20)14-5-7-15(18)8-6-14)12-11-13-3-9-16(21-2)10-4-13/h3-10H,11-12H2,1-2H3. The molecule has 2 aromatic rings. The molecule has 0 atom stereocenters. The van der Waals surface area contributed by atoms with E-state index in [0.29, 0.717) is 12.1 Å². The highest BCUT2D eigenvalue weighted by molar-refractivity contribution is 9.10. The van der Waals surface area contributed by atoms with E-state index in [0.717, 1.165) is 16.6 Å². The molecule has 0 aliphatic carbocycles. The lowest BCUT2D eigenvalue weighted by molar-refractivity contribution is 0.0796. The van der Waals surface area contributed by atoms with Gasteiger partial charge in [-0.1, -0.05) is 28.1 Å². The van der Waals surface area contributed by atoms with Gasteiger partial charge in [-0.25, -0.2) is 0 Å². The minimum Gasteiger partial charge on any atom is -0.497 e. The van der Waals surface area contributed by atoms with Crippen molar-refractivity contribution in [3.05, 3.63) is 64.1 Å². The van der Waals surface area contributed by atoms with Crippen molar-refractivity contribution in [3.63, 3.8) is 0 Å². The number of likely N-dealkylation sites (N-methyl/N-ethyl adjacent to an activating group) is 1. The van der Waals surface area contributed by atoms with Crippen LogP contribution >= 0.6 is 15.9 Å². The van der Waals surface area contributed by atoms with Crippen LogP contribution in [0.5, 0.6) is 5.75 Å². The average Bonchev–Trinajstić information content (AvgIpc) is 2.53. The maximum atomic E-state index is 12.3. The molecule has 0 radical (unpaired) electrons. The molecule has 0 saturated carbocycles. The molecule has 1 amide bonds. The van der Waals surface area contributed by atoms with Crippen molar-refractivity contribution in [1.29, 1.82) is 0 Å². The smallest absolute Gasteiger partial charge is 0.253 e. The topological polar surface area (TPSA) is 29.5 Å². The number of rotatable bonds is 5. The molecule has 0 aliphatic rings. The molecule has 2 rings (SSSR count). The number of benzene rings is 2. The number of ether oxygens (including phenoxy) is 1. The molecule has 0 bridgehead atoms. The third-order valence-corrected chi connectivity index (χ3v) is 3.86. The molecule has 0 aliphatic heterocycles. The molecule has 0 saturated heterocycles. The normalized spacial score (nSPS) is 10.2. The van der Waals surface area contributed by atoms with Crippen LogP contribution in [-0.2, 0) is 6.42 Å². The van der Waals surface area contributed by atoms with Gasteiger partial charge in [-0.3, -0.25) is 4.79 Å². The Hall–Kier alpha value is -1.81. The molecule has 4 heteroatoms. The third kappa shape index (κ3) is 4.33. The first-order valence-electron chi connectivity index (χ1n) is 6.74. The number of amides is 1. The quantitative estimate of drug-likeness (QED) is 0.823. The molecule has 0 N–H and O–H groups in total. The maximum Gasteiger partial charge on any atom is 0.253 e. The van der Waals surface area contributed by atoms with E-state index in [-0.39, 0.29) is 5.91 Å². The number of nitrogens with zero attached hydrogens (tertiary/aromatic N) is 1. The summed E-state index contributed by atoms with van der Waals surface area (Å²) in [6.45, 7) is 0.682. The Morgan fingerprint density at radius 2 is 1.71 bits per heavy atom. The Balaban J connectivity index is 1.92. The minimum atomic E-state index is 0.0380. The van der Waals surface area contributed by atoms with E-state index in [2.05, 4.69) is 15.9 Å². The van der Waals surface area contributed by atoms with Crippen molar-refractivity contribution in [2.24, 2.45) is 0 Å². The lowest BCUT2D eigenvalue weighted by atomic mass is 10.1. The Bertz CT molecular complexity index is 593. The zero-order chi connectivity index (χ0) is 15.2. The molecule has 0 heterocycles. The van der Waals surface area contributed by atoms with Crippen LogP contribution in [0.2, 0.25) is 0 Å². The summed E-state index contributed by atoms with van der Waals surface area (Å²) < 4.78 is 6.10. The number of hydrogen-bond donors (Lipinski definition) is 0. The molecule has 21 heavy (non-hydrogen) atoms. The van der Waals surface area contributed by atoms with Crippen molar-refractivity contribution in [1.82, 2.24) is 4.90 Å². The van der Waals surface area contributed by atoms with Crippen molar-refractivity contribution in [2.45, 2.75) is 6.42 Å². The zero-order valence-corrected chi connectivity index (χ0v) is 13.8. The van der Waals surface area contributed by atoms with Gasteiger partial charge in [-0.05, 0) is 48.4 Å². The fraction of sp³-hybridized carbons (Fsp3) is 0.235. The Morgan fingerprint density at radius 1 is 1.10 bits per heavy atom. The van der Waals surface area contributed by atoms with Crippen molar-refractivity contribution in [3.8, 4) is 5.75 Å². The molecular weight excluding hydrogens is 330 g/mol. The second-order valence-corrected chi connectivity index (χ2v) is 5.75. The summed E-state index contributed by atoms with van der Waals surface area (Å²) >= 11 is 3.37. The van der Waals surface area contributed by atoms with Gasteiger partial charge in [0.15, 0.2) is 0 Å². The highest BCUT2D eigenvalue weighted by atomic mass is 79.9. The molecule has 110 valence electrons. The van der Waals surface area contributed by atoms with E-state index < -0.39 is 0 Å². The summed E-state index contributed by atoms with van der Waals surface area (Å²) in [6, 6.07) is 15.3. The number of halogens is 1. The van der Waals surface area contributed by atoms with Crippen molar-refractivity contribution < 1.29 is 9.53 Å². The van der Waals surface area contributed by atoms with Crippen LogP contribution < -0.4 is 4.74 Å². The summed E-state index contributed by atoms with van der Waals surface area (Å²) in [5.74, 6) is 0.883. The largest absolute Gasteiger partial charge is 0.497 e. The summed E-state index contributed by atoms with van der Waals surface area (Å²) in [7, 11) is 3.48. The zero-order valence-electron chi connectivity index (χ0n) is 12.2. The molecule has 0 aromatic heterocycles. The van der Waals surface area contributed by atoms with Gasteiger partial charge >= 0.3 is 0 Å². The summed E-state index contributed by atoms with van der Waals surface area (Å²) in [4.78, 5) is 14.0. The summed E-state index contributed by atoms with van der Waals surface area (Å²) in [5, 5.41) is 0. The van der Waals surface area contributed by atoms with E-state index >= 15 is 0 Å². The van der Waals surface area contributed by atoms with E-state index in [9.17, 15) is 4.79 Å². The molecule has 0 spiro atoms. The van der Waals surface area contributed by atoms with E-state index in [1.807, 2.05) is 55.6 Å². The molecule has 0 unspecified atom stereocenters. The highest BCUT2D eigenvalue weighted by Gasteiger charge is 2.11. The third-order valence-electron chi connectivity index (χ3n) is 3.33. The van der Waals surface area contributed by atoms with Crippen LogP contribution in [0.4, 0.5) is 0 Å². The monoisotopic (exact) mass is 347 g/mol. The lowest BCUT2D eigenvalue weighted by Crippen LogP contribution is -2.28. The minimum absolute atomic E-state index is 0.0380. The maximum absolute atomic E-state index is 12.3. The predicted molar refractivity (Wildman–Crippen MR) is 87.8 cm³/mol. The van der Waals surface area contributed by atoms with Crippen LogP contribution in [0.25, 0.3) is 0 Å². The number of carbonyl (C=O) groups excluding carboxylic acids is 1. The SMILES string of the molecule is COc1ccc(CCN(C)C(=O)c2ccc(Br)cc2)cc1. The fourth-order valence-corrected chi connectivity index (χ4v) is 2.27. The molecular formula is C17H18BrNO2. The van der Waals surface area contributed by atoms with Gasteiger partial charge < -0.3 is 9.64 Å². The van der Waals surface area contributed by atoms with Crippen molar-refractivity contribution in [2.75, 3.05) is 20.7 Å². The van der Waals surface area contributed by atoms with Gasteiger partial charge in [0, 0.05) is 23.6 Å². The van der Waals surface area contributed by atoms with Gasteiger partial charge in [-0.15, -0.1) is 0 Å². The van der Waals surface area contributed by atoms with Crippen LogP contribution in [-0.4, -0.2) is 31.5 Å². The van der Waals surface area contributed by atoms with E-state index in [1.54, 1.807) is 12.0 Å². The second kappa shape index (κ2) is 7.27. The first-order chi connectivity index (χ1) is 10.1. The van der Waals surface area contributed by atoms with Crippen LogP contribution in [0.15, 0.2) is 53.0 Å². The van der Waals surface area contributed by atoms with Crippen LogP contribution in [0.1, 0.15) is 15.9 Å². The first-order valence-corrected chi connectivity index (χ1v) is 7.53. The van der Waals surface area contributed by atoms with Gasteiger partial charge in [0.05, 0.1) is 7.11 Å². The van der Waals surface area contributed by atoms with Gasteiger partial charge in [0.1, 0.15) is 5.75 Å². The predicted octanol–water partition coefficient (Wildman–Crippen LogP) is 3.77. The van der Waals surface area contributed by atoms with Gasteiger partial charge in [0.25, 0.3) is 5.91 Å². The van der Waals surface area contributed by atoms with Crippen molar-refractivity contribution >= 4 is 21.8 Å². The molecule has 0 fully saturated rings. The summed E-state index contributed by atoms with van der Waals surface area (Å²) in [5.41, 5.74) is 1.89. The average molecular weight is 348 g/mol. The Morgan fingerprint density at radius 3 is 2.29 bits per heavy atom. The number of carbonyl (C=O) groups is 1. The number of hydrogen-bond acceptors (Lipinski definition) is 2. The van der Waals surface area contributed by atoms with Crippen LogP contribution in [0.3, 0.4) is 0 Å². The Kier molecular flexibility index (Phi) is 5.39. The van der Waals surface area contributed by atoms with Crippen LogP contribution in [0, 0.1) is 0 Å². The second-order valence-electron chi connectivity index (χ2n) is 4.83. The highest BCUT2D eigenvalue weighted by Crippen LogP contribution is 2.14. The lowest BCUT2D eigenvalue weighted by Gasteiger charge is -2.17. The summed E-state index contributed by atoms with van der Waals surface area (Å²) in [6.07, 6.45) is 0.822. The number of methoxy groups -OCH3 is 1. The molecule has 2 aromatic carbocycles.